The number of ether oxygens (including phenoxy) is 3. The largest absolute Gasteiger partial charge is 0.462 e. The number of hydrogen-bond acceptors (Lipinski definition) is 6. The van der Waals surface area contributed by atoms with E-state index in [1.165, 1.54) is 283 Å². The molecule has 0 aromatic carbocycles. The number of carbonyl (C=O) groups excluding carboxylic acids is 3. The molecule has 0 aliphatic rings. The SMILES string of the molecule is CCCCC/C=C\CCCCCCCC(=O)OCC(COC(=O)CCCCCCCCCCCCCCCCCCCCCCCCCCCC)OC(=O)CCCCCCCCCCCCC/C=C\C/C=C\CCCCCCC. The first-order valence-electron chi connectivity index (χ1n) is 35.5. The fraction of sp³-hybridized carbons (Fsp3) is 0.877. The standard InChI is InChI=1S/C73H136O6/c1-4-7-10-13-16-19-22-25-27-29-31-33-35-36-37-39-40-42-44-46-48-51-54-57-60-63-66-72(75)78-69-70(68-77-71(74)65-62-59-56-53-50-24-21-18-15-12-9-6-3)79-73(76)67-64-61-58-55-52-49-47-45-43-41-38-34-32-30-28-26-23-20-17-14-11-8-5-2/h18,21,23,26,30,32,70H,4-17,19-20,22,24-25,27-29,31,33-69H2,1-3H3/b21-18-,26-23-,32-30-. The summed E-state index contributed by atoms with van der Waals surface area (Å²) in [5.74, 6) is -0.855. The highest BCUT2D eigenvalue weighted by molar-refractivity contribution is 5.71. The maximum Gasteiger partial charge on any atom is 0.306 e. The summed E-state index contributed by atoms with van der Waals surface area (Å²) in [6.45, 7) is 6.67. The highest BCUT2D eigenvalue weighted by Crippen LogP contribution is 2.19. The van der Waals surface area contributed by atoms with Crippen LogP contribution in [0.25, 0.3) is 0 Å². The Morgan fingerprint density at radius 3 is 0.734 bits per heavy atom. The van der Waals surface area contributed by atoms with E-state index in [0.717, 1.165) is 70.6 Å². The van der Waals surface area contributed by atoms with Crippen molar-refractivity contribution in [3.63, 3.8) is 0 Å². The summed E-state index contributed by atoms with van der Waals surface area (Å²) < 4.78 is 17.0. The van der Waals surface area contributed by atoms with E-state index in [2.05, 4.69) is 57.2 Å². The van der Waals surface area contributed by atoms with Crippen LogP contribution in [0.1, 0.15) is 393 Å². The van der Waals surface area contributed by atoms with Crippen molar-refractivity contribution in [2.75, 3.05) is 13.2 Å². The third-order valence-corrected chi connectivity index (χ3v) is 16.1. The molecular weight excluding hydrogens is 973 g/mol. The minimum absolute atomic E-state index is 0.0708. The van der Waals surface area contributed by atoms with E-state index in [4.69, 9.17) is 14.2 Å². The van der Waals surface area contributed by atoms with Gasteiger partial charge in [0.15, 0.2) is 6.10 Å². The van der Waals surface area contributed by atoms with Crippen LogP contribution in [0.2, 0.25) is 0 Å². The van der Waals surface area contributed by atoms with Gasteiger partial charge in [0, 0.05) is 19.3 Å². The van der Waals surface area contributed by atoms with Crippen molar-refractivity contribution in [2.45, 2.75) is 399 Å². The lowest BCUT2D eigenvalue weighted by Gasteiger charge is -2.18. The molecule has 6 nitrogen and oxygen atoms in total. The summed E-state index contributed by atoms with van der Waals surface area (Å²) in [4.78, 5) is 38.4. The minimum atomic E-state index is -0.775. The van der Waals surface area contributed by atoms with Gasteiger partial charge in [-0.15, -0.1) is 0 Å². The number of carbonyl (C=O) groups is 3. The van der Waals surface area contributed by atoms with Gasteiger partial charge in [-0.05, 0) is 77.0 Å². The fourth-order valence-electron chi connectivity index (χ4n) is 10.8. The first-order valence-corrected chi connectivity index (χ1v) is 35.5. The third-order valence-electron chi connectivity index (χ3n) is 16.1. The molecule has 0 spiro atoms. The predicted molar refractivity (Wildman–Crippen MR) is 344 cm³/mol. The first kappa shape index (κ1) is 76.6. The lowest BCUT2D eigenvalue weighted by Crippen LogP contribution is -2.30. The summed E-state index contributed by atoms with van der Waals surface area (Å²) in [5.41, 5.74) is 0. The zero-order chi connectivity index (χ0) is 57.1. The maximum atomic E-state index is 12.9. The molecular formula is C73H136O6. The molecule has 1 atom stereocenters. The second kappa shape index (κ2) is 68.1. The zero-order valence-electron chi connectivity index (χ0n) is 53.4. The van der Waals surface area contributed by atoms with Crippen LogP contribution in [0.3, 0.4) is 0 Å². The van der Waals surface area contributed by atoms with Crippen molar-refractivity contribution in [3.8, 4) is 0 Å². The van der Waals surface area contributed by atoms with Gasteiger partial charge in [-0.25, -0.2) is 0 Å². The van der Waals surface area contributed by atoms with Crippen LogP contribution in [-0.4, -0.2) is 37.2 Å². The average Bonchev–Trinajstić information content (AvgIpc) is 3.45. The van der Waals surface area contributed by atoms with E-state index in [-0.39, 0.29) is 31.1 Å². The fourth-order valence-corrected chi connectivity index (χ4v) is 10.8. The number of rotatable bonds is 66. The van der Waals surface area contributed by atoms with Crippen LogP contribution in [-0.2, 0) is 28.6 Å². The van der Waals surface area contributed by atoms with Crippen molar-refractivity contribution in [1.82, 2.24) is 0 Å². The Morgan fingerprint density at radius 1 is 0.253 bits per heavy atom. The van der Waals surface area contributed by atoms with Crippen molar-refractivity contribution < 1.29 is 28.6 Å². The molecule has 0 aromatic rings. The molecule has 0 bridgehead atoms. The Labute approximate surface area is 493 Å². The van der Waals surface area contributed by atoms with Gasteiger partial charge in [-0.1, -0.05) is 333 Å². The van der Waals surface area contributed by atoms with Crippen LogP contribution in [0.15, 0.2) is 36.5 Å². The molecule has 0 radical (unpaired) electrons. The quantitative estimate of drug-likeness (QED) is 0.0261. The van der Waals surface area contributed by atoms with Gasteiger partial charge in [0.2, 0.25) is 0 Å². The molecule has 1 unspecified atom stereocenters. The lowest BCUT2D eigenvalue weighted by molar-refractivity contribution is -0.167. The monoisotopic (exact) mass is 1110 g/mol. The molecule has 0 aromatic heterocycles. The van der Waals surface area contributed by atoms with Gasteiger partial charge < -0.3 is 14.2 Å². The van der Waals surface area contributed by atoms with E-state index in [0.29, 0.717) is 19.3 Å². The lowest BCUT2D eigenvalue weighted by atomic mass is 10.0. The molecule has 0 rings (SSSR count). The van der Waals surface area contributed by atoms with E-state index in [9.17, 15) is 14.4 Å². The van der Waals surface area contributed by atoms with Gasteiger partial charge in [0.1, 0.15) is 13.2 Å². The van der Waals surface area contributed by atoms with Crippen LogP contribution in [0, 0.1) is 0 Å². The second-order valence-corrected chi connectivity index (χ2v) is 24.1. The molecule has 0 fully saturated rings. The molecule has 0 heterocycles. The molecule has 79 heavy (non-hydrogen) atoms. The van der Waals surface area contributed by atoms with Crippen molar-refractivity contribution >= 4 is 17.9 Å². The molecule has 0 aliphatic heterocycles. The van der Waals surface area contributed by atoms with Crippen molar-refractivity contribution in [3.05, 3.63) is 36.5 Å². The van der Waals surface area contributed by atoms with Crippen molar-refractivity contribution in [1.29, 1.82) is 0 Å². The number of hydrogen-bond donors (Lipinski definition) is 0. The van der Waals surface area contributed by atoms with Crippen molar-refractivity contribution in [2.24, 2.45) is 0 Å². The van der Waals surface area contributed by atoms with E-state index >= 15 is 0 Å². The zero-order valence-corrected chi connectivity index (χ0v) is 53.4. The second-order valence-electron chi connectivity index (χ2n) is 24.1. The maximum absolute atomic E-state index is 12.9. The van der Waals surface area contributed by atoms with Gasteiger partial charge in [0.05, 0.1) is 0 Å². The normalized spacial score (nSPS) is 12.2. The summed E-state index contributed by atoms with van der Waals surface area (Å²) in [7, 11) is 0. The van der Waals surface area contributed by atoms with Crippen LogP contribution >= 0.6 is 0 Å². The van der Waals surface area contributed by atoms with Crippen LogP contribution in [0.5, 0.6) is 0 Å². The third kappa shape index (κ3) is 66.3. The highest BCUT2D eigenvalue weighted by atomic mass is 16.6. The first-order chi connectivity index (χ1) is 39.0. The Morgan fingerprint density at radius 2 is 0.456 bits per heavy atom. The summed E-state index contributed by atoms with van der Waals surface area (Å²) in [6, 6.07) is 0. The summed E-state index contributed by atoms with van der Waals surface area (Å²) in [5, 5.41) is 0. The van der Waals surface area contributed by atoms with Gasteiger partial charge in [0.25, 0.3) is 0 Å². The number of allylic oxidation sites excluding steroid dienone is 6. The molecule has 0 N–H and O–H groups in total. The molecule has 0 amide bonds. The van der Waals surface area contributed by atoms with Gasteiger partial charge in [-0.3, -0.25) is 14.4 Å². The Balaban J connectivity index is 4.20. The smallest absolute Gasteiger partial charge is 0.306 e. The highest BCUT2D eigenvalue weighted by Gasteiger charge is 2.19. The average molecular weight is 1110 g/mol. The molecule has 6 heteroatoms. The Bertz CT molecular complexity index is 1320. The minimum Gasteiger partial charge on any atom is -0.462 e. The van der Waals surface area contributed by atoms with E-state index in [1.807, 2.05) is 0 Å². The topological polar surface area (TPSA) is 78.9 Å². The molecule has 0 saturated heterocycles. The Hall–Kier alpha value is -2.37. The van der Waals surface area contributed by atoms with E-state index in [1.54, 1.807) is 0 Å². The number of esters is 3. The summed E-state index contributed by atoms with van der Waals surface area (Å²) in [6.07, 6.45) is 84.7. The number of unbranched alkanes of at least 4 members (excludes halogenated alkanes) is 49. The van der Waals surface area contributed by atoms with Crippen LogP contribution in [0.4, 0.5) is 0 Å². The summed E-state index contributed by atoms with van der Waals surface area (Å²) >= 11 is 0. The molecule has 0 aliphatic carbocycles. The van der Waals surface area contributed by atoms with Gasteiger partial charge >= 0.3 is 17.9 Å². The Kier molecular flexibility index (Phi) is 66.1. The van der Waals surface area contributed by atoms with E-state index < -0.39 is 6.10 Å². The molecule has 464 valence electrons. The molecule has 0 saturated carbocycles. The predicted octanol–water partition coefficient (Wildman–Crippen LogP) is 24.3. The van der Waals surface area contributed by atoms with Gasteiger partial charge in [-0.2, -0.15) is 0 Å². The van der Waals surface area contributed by atoms with Crippen LogP contribution < -0.4 is 0 Å².